The summed E-state index contributed by atoms with van der Waals surface area (Å²) in [6.07, 6.45) is -6.03. The highest BCUT2D eigenvalue weighted by Gasteiger charge is 2.59. The molecular formula is C33H42N4O20P2. The Morgan fingerprint density at radius 2 is 0.898 bits per heavy atom. The fourth-order valence-electron chi connectivity index (χ4n) is 4.77. The van der Waals surface area contributed by atoms with Gasteiger partial charge in [0, 0.05) is 37.1 Å². The van der Waals surface area contributed by atoms with Crippen LogP contribution in [-0.2, 0) is 69.7 Å². The first kappa shape index (κ1) is 49.2. The molecule has 0 fully saturated rings. The molecule has 10 N–H and O–H groups in total. The maximum Gasteiger partial charge on any atom is 0.410 e. The van der Waals surface area contributed by atoms with Crippen LogP contribution in [0.3, 0.4) is 0 Å². The molecule has 59 heavy (non-hydrogen) atoms. The Hall–Kier alpha value is -5.90. The normalized spacial score (nSPS) is 12.4. The lowest BCUT2D eigenvalue weighted by atomic mass is 10.0. The molecule has 4 amide bonds. The second kappa shape index (κ2) is 22.3. The van der Waals surface area contributed by atoms with Gasteiger partial charge in [-0.05, 0) is 35.4 Å². The van der Waals surface area contributed by atoms with E-state index < -0.39 is 119 Å². The Balaban J connectivity index is 2.14. The molecule has 0 bridgehead atoms. The third kappa shape index (κ3) is 16.1. The number of nitrogens with one attached hydrogen (secondary N) is 4. The molecular weight excluding hydrogens is 834 g/mol. The first-order valence-electron chi connectivity index (χ1n) is 17.0. The van der Waals surface area contributed by atoms with E-state index in [2.05, 4.69) is 29.6 Å². The minimum atomic E-state index is -5.68. The molecule has 2 aromatic carbocycles. The predicted molar refractivity (Wildman–Crippen MR) is 198 cm³/mol. The third-order valence-electron chi connectivity index (χ3n) is 7.89. The van der Waals surface area contributed by atoms with E-state index in [0.29, 0.717) is 0 Å². The summed E-state index contributed by atoms with van der Waals surface area (Å²) in [7, 11) is -11.4. The van der Waals surface area contributed by atoms with Crippen molar-refractivity contribution in [3.63, 3.8) is 0 Å². The van der Waals surface area contributed by atoms with Crippen molar-refractivity contribution in [1.29, 1.82) is 0 Å². The maximum absolute atomic E-state index is 12.9. The van der Waals surface area contributed by atoms with Gasteiger partial charge in [-0.1, -0.05) is 38.1 Å². The molecule has 0 aromatic heterocycles. The Morgan fingerprint density at radius 1 is 0.576 bits per heavy atom. The summed E-state index contributed by atoms with van der Waals surface area (Å²) < 4.78 is 43.9. The largest absolute Gasteiger partial charge is 0.480 e. The lowest BCUT2D eigenvalue weighted by Gasteiger charge is -2.35. The van der Waals surface area contributed by atoms with Gasteiger partial charge in [0.2, 0.25) is 25.4 Å². The van der Waals surface area contributed by atoms with E-state index in [9.17, 15) is 77.3 Å². The molecule has 0 saturated heterocycles. The van der Waals surface area contributed by atoms with Crippen molar-refractivity contribution in [2.75, 3.05) is 24.2 Å². The average Bonchev–Trinajstić information content (AvgIpc) is 3.14. The van der Waals surface area contributed by atoms with Gasteiger partial charge in [-0.25, -0.2) is 19.2 Å². The van der Waals surface area contributed by atoms with Gasteiger partial charge in [-0.3, -0.25) is 28.3 Å². The molecule has 0 heterocycles. The van der Waals surface area contributed by atoms with Crippen molar-refractivity contribution in [2.24, 2.45) is 0 Å². The number of anilines is 2. The molecule has 0 aliphatic carbocycles. The molecule has 0 radical (unpaired) electrons. The van der Waals surface area contributed by atoms with E-state index in [-0.39, 0.29) is 35.3 Å². The zero-order chi connectivity index (χ0) is 44.6. The monoisotopic (exact) mass is 876 g/mol. The van der Waals surface area contributed by atoms with Crippen LogP contribution >= 0.6 is 15.2 Å². The summed E-state index contributed by atoms with van der Waals surface area (Å²) >= 11 is 0. The van der Waals surface area contributed by atoms with Gasteiger partial charge in [0.1, 0.15) is 12.1 Å². The van der Waals surface area contributed by atoms with Crippen LogP contribution in [0.4, 0.5) is 21.0 Å². The highest BCUT2D eigenvalue weighted by molar-refractivity contribution is 7.72. The van der Waals surface area contributed by atoms with Crippen molar-refractivity contribution in [3.8, 4) is 0 Å². The van der Waals surface area contributed by atoms with E-state index in [1.807, 2.05) is 10.6 Å². The second-order valence-electron chi connectivity index (χ2n) is 12.2. The van der Waals surface area contributed by atoms with Crippen LogP contribution in [0.5, 0.6) is 0 Å². The van der Waals surface area contributed by atoms with Crippen LogP contribution in [0.15, 0.2) is 48.5 Å². The highest BCUT2D eigenvalue weighted by Crippen LogP contribution is 2.71. The predicted octanol–water partition coefficient (Wildman–Crippen LogP) is 1.36. The molecule has 2 aromatic rings. The summed E-state index contributed by atoms with van der Waals surface area (Å²) in [5.41, 5.74) is 0.0189. The summed E-state index contributed by atoms with van der Waals surface area (Å²) in [6, 6.07) is 6.00. The number of hydrogen-bond acceptors (Lipinski definition) is 14. The van der Waals surface area contributed by atoms with Gasteiger partial charge in [-0.2, -0.15) is 0 Å². The summed E-state index contributed by atoms with van der Waals surface area (Å²) in [4.78, 5) is 133. The van der Waals surface area contributed by atoms with Crippen LogP contribution in [0.25, 0.3) is 0 Å². The molecule has 24 nitrogen and oxygen atoms in total. The van der Waals surface area contributed by atoms with E-state index in [1.54, 1.807) is 0 Å². The molecule has 324 valence electrons. The lowest BCUT2D eigenvalue weighted by Crippen LogP contribution is -2.43. The fraction of sp³-hybridized carbons (Fsp3) is 0.394. The van der Waals surface area contributed by atoms with Crippen LogP contribution < -0.4 is 21.3 Å². The van der Waals surface area contributed by atoms with Crippen molar-refractivity contribution in [2.45, 2.75) is 69.4 Å². The first-order chi connectivity index (χ1) is 27.5. The van der Waals surface area contributed by atoms with E-state index >= 15 is 0 Å². The first-order valence-corrected chi connectivity index (χ1v) is 20.2. The minimum Gasteiger partial charge on any atom is -0.480 e. The van der Waals surface area contributed by atoms with Crippen LogP contribution in [0.1, 0.15) is 50.7 Å². The number of carboxylic acids is 2. The van der Waals surface area contributed by atoms with Gasteiger partial charge in [0.25, 0.3) is 0 Å². The number of carbonyl (C=O) groups is 8. The standard InChI is InChI=1S/C33H42N4O20P2/c1-3-27(40)54-17-56-31(46)36-23(29(42)43)13-25(38)34-21-9-5-19(6-10-21)15-33(58(48,49)50,59(51,52)53)16-20-7-11-22(12-8-20)35-26(39)14-24(30(44)45)37-32(47)57-18-55-28(41)4-2/h5-12,23-24H,3-4,13-18H2,1-2H3,(H,34,38)(H,35,39)(H,36,46)(H,37,47)(H,42,43)(H,44,45)(H2,48,49,50)(H2,51,52,53)/t23-,24-/m0/s1. The lowest BCUT2D eigenvalue weighted by molar-refractivity contribution is -0.152. The molecule has 0 aliphatic heterocycles. The number of esters is 2. The molecule has 2 rings (SSSR count). The minimum absolute atomic E-state index is 0.00774. The van der Waals surface area contributed by atoms with Gasteiger partial charge in [0.05, 0.1) is 12.8 Å². The van der Waals surface area contributed by atoms with Crippen molar-refractivity contribution in [3.05, 3.63) is 59.7 Å². The summed E-state index contributed by atoms with van der Waals surface area (Å²) in [6.45, 7) is 1.37. The van der Waals surface area contributed by atoms with Gasteiger partial charge >= 0.3 is 51.3 Å². The number of hydrogen-bond donors (Lipinski definition) is 10. The van der Waals surface area contributed by atoms with Crippen LogP contribution in [0.2, 0.25) is 0 Å². The van der Waals surface area contributed by atoms with Crippen LogP contribution in [0, 0.1) is 0 Å². The molecule has 2 atom stereocenters. The Labute approximate surface area is 334 Å². The zero-order valence-corrected chi connectivity index (χ0v) is 33.0. The average molecular weight is 877 g/mol. The number of benzene rings is 2. The number of amides is 4. The molecule has 26 heteroatoms. The third-order valence-corrected chi connectivity index (χ3v) is 12.3. The maximum atomic E-state index is 12.9. The van der Waals surface area contributed by atoms with Gasteiger partial charge in [-0.15, -0.1) is 0 Å². The summed E-state index contributed by atoms with van der Waals surface area (Å²) in [5, 5.41) is 27.3. The van der Waals surface area contributed by atoms with E-state index in [0.717, 1.165) is 0 Å². The van der Waals surface area contributed by atoms with Gasteiger partial charge < -0.3 is 70.0 Å². The quantitative estimate of drug-likeness (QED) is 0.0453. The Bertz CT molecular complexity index is 1810. The second-order valence-corrected chi connectivity index (χ2v) is 16.5. The fourth-order valence-corrected chi connectivity index (χ4v) is 7.69. The Morgan fingerprint density at radius 3 is 1.17 bits per heavy atom. The Kier molecular flexibility index (Phi) is 18.6. The number of aliphatic carboxylic acids is 2. The molecule has 0 spiro atoms. The molecule has 0 aliphatic rings. The SMILES string of the molecule is CCC(=O)OCOC(=O)N[C@@H](CC(=O)Nc1ccc(CC(Cc2ccc(NC(=O)C[C@H](NC(=O)OCOC(=O)CC)C(=O)O)cc2)(P(=O)(O)O)P(=O)(O)O)cc1)C(=O)O. The topological polar surface area (TPSA) is 377 Å². The van der Waals surface area contributed by atoms with Crippen LogP contribution in [-0.4, -0.2) is 108 Å². The highest BCUT2D eigenvalue weighted by atomic mass is 31.2. The van der Waals surface area contributed by atoms with Crippen molar-refractivity contribution >= 4 is 74.4 Å². The molecule has 0 unspecified atom stereocenters. The number of ether oxygens (including phenoxy) is 4. The smallest absolute Gasteiger partial charge is 0.410 e. The zero-order valence-electron chi connectivity index (χ0n) is 31.2. The number of alkyl carbamates (subject to hydrolysis) is 2. The number of rotatable bonds is 22. The summed E-state index contributed by atoms with van der Waals surface area (Å²) in [5.74, 6) is -6.45. The van der Waals surface area contributed by atoms with Crippen molar-refractivity contribution < 1.29 is 96.2 Å². The van der Waals surface area contributed by atoms with E-state index in [1.165, 1.54) is 62.4 Å². The number of carboxylic acid groups (broad SMARTS) is 2. The van der Waals surface area contributed by atoms with Gasteiger partial charge in [0.15, 0.2) is 4.90 Å². The van der Waals surface area contributed by atoms with Crippen molar-refractivity contribution in [1.82, 2.24) is 10.6 Å². The number of carbonyl (C=O) groups excluding carboxylic acids is 6. The molecule has 0 saturated carbocycles. The van der Waals surface area contributed by atoms with E-state index in [4.69, 9.17) is 0 Å².